The van der Waals surface area contributed by atoms with Crippen molar-refractivity contribution in [1.29, 1.82) is 0 Å². The van der Waals surface area contributed by atoms with Crippen LogP contribution in [0.2, 0.25) is 0 Å². The van der Waals surface area contributed by atoms with Gasteiger partial charge in [0.15, 0.2) is 22.9 Å². The number of carbonyl (C=O) groups is 1. The van der Waals surface area contributed by atoms with Gasteiger partial charge < -0.3 is 20.6 Å². The normalized spacial score (nSPS) is 10.5. The van der Waals surface area contributed by atoms with Gasteiger partial charge in [0.05, 0.1) is 12.7 Å². The first kappa shape index (κ1) is 21.6. The number of fused-ring (bicyclic) bond motifs is 2. The molecule has 4 aromatic heterocycles. The molecule has 172 valence electrons. The Morgan fingerprint density at radius 3 is 1.91 bits per heavy atom. The van der Waals surface area contributed by atoms with Gasteiger partial charge in [-0.2, -0.15) is 0 Å². The van der Waals surface area contributed by atoms with E-state index in [0.717, 1.165) is 17.9 Å². The number of nitrogens with zero attached hydrogens (tertiary/aromatic N) is 6. The van der Waals surface area contributed by atoms with E-state index in [4.69, 9.17) is 0 Å². The van der Waals surface area contributed by atoms with Crippen LogP contribution in [0.1, 0.15) is 15.9 Å². The maximum absolute atomic E-state index is 12.0. The number of rotatable bonds is 5. The van der Waals surface area contributed by atoms with E-state index in [-0.39, 0.29) is 5.91 Å². The summed E-state index contributed by atoms with van der Waals surface area (Å²) in [5, 5.41) is 5.99. The summed E-state index contributed by atoms with van der Waals surface area (Å²) in [5.74, 6) is 0.980. The molecule has 1 amide bonds. The van der Waals surface area contributed by atoms with Crippen molar-refractivity contribution in [3.8, 4) is 0 Å². The minimum absolute atomic E-state index is 0.217. The van der Waals surface area contributed by atoms with Gasteiger partial charge >= 0.3 is 0 Å². The summed E-state index contributed by atoms with van der Waals surface area (Å²) < 4.78 is 0. The van der Waals surface area contributed by atoms with Crippen molar-refractivity contribution in [1.82, 2.24) is 39.9 Å². The Morgan fingerprint density at radius 1 is 0.686 bits per heavy atom. The number of imidazole rings is 2. The van der Waals surface area contributed by atoms with Crippen LogP contribution in [0.3, 0.4) is 0 Å². The van der Waals surface area contributed by atoms with Crippen LogP contribution in [-0.2, 0) is 6.54 Å². The molecule has 4 N–H and O–H groups in total. The number of amides is 1. The van der Waals surface area contributed by atoms with Crippen molar-refractivity contribution in [2.75, 3.05) is 10.6 Å². The van der Waals surface area contributed by atoms with Crippen LogP contribution < -0.4 is 10.6 Å². The predicted molar refractivity (Wildman–Crippen MR) is 132 cm³/mol. The third-order valence-corrected chi connectivity index (χ3v) is 5.02. The van der Waals surface area contributed by atoms with Gasteiger partial charge in [-0.25, -0.2) is 29.9 Å². The number of nitrogens with one attached hydrogen (secondary N) is 4. The molecule has 0 saturated carbocycles. The zero-order valence-corrected chi connectivity index (χ0v) is 18.4. The maximum atomic E-state index is 12.0. The minimum Gasteiger partial charge on any atom is -0.364 e. The Balaban J connectivity index is 0.000000145. The lowest BCUT2D eigenvalue weighted by Crippen LogP contribution is -2.13. The summed E-state index contributed by atoms with van der Waals surface area (Å²) in [6.45, 7) is 0.728. The summed E-state index contributed by atoms with van der Waals surface area (Å²) in [5.41, 5.74) is 4.43. The van der Waals surface area contributed by atoms with Crippen LogP contribution >= 0.6 is 0 Å². The van der Waals surface area contributed by atoms with E-state index in [1.807, 2.05) is 24.3 Å². The molecule has 0 aliphatic carbocycles. The number of carbonyl (C=O) groups excluding carboxylic acids is 1. The zero-order chi connectivity index (χ0) is 23.9. The second-order valence-electron chi connectivity index (χ2n) is 7.31. The monoisotopic (exact) mass is 464 g/mol. The molecule has 0 aliphatic heterocycles. The van der Waals surface area contributed by atoms with E-state index in [2.05, 4.69) is 62.6 Å². The molecule has 0 atom stereocenters. The van der Waals surface area contributed by atoms with E-state index in [9.17, 15) is 4.79 Å². The van der Waals surface area contributed by atoms with Crippen molar-refractivity contribution >= 4 is 39.9 Å². The lowest BCUT2D eigenvalue weighted by atomic mass is 10.2. The molecule has 0 saturated heterocycles. The largest absolute Gasteiger partial charge is 0.364 e. The molecule has 0 aliphatic rings. The van der Waals surface area contributed by atoms with Gasteiger partial charge in [-0.05, 0) is 17.7 Å². The van der Waals surface area contributed by atoms with Crippen molar-refractivity contribution < 1.29 is 4.79 Å². The molecule has 6 rings (SSSR count). The summed E-state index contributed by atoms with van der Waals surface area (Å²) in [7, 11) is 0. The van der Waals surface area contributed by atoms with Gasteiger partial charge in [0.1, 0.15) is 23.7 Å². The topological polar surface area (TPSA) is 150 Å². The highest BCUT2D eigenvalue weighted by atomic mass is 16.1. The van der Waals surface area contributed by atoms with Crippen LogP contribution in [-0.4, -0.2) is 45.8 Å². The number of benzene rings is 2. The first-order chi connectivity index (χ1) is 17.3. The highest BCUT2D eigenvalue weighted by Gasteiger charge is 2.10. The molecule has 4 heterocycles. The van der Waals surface area contributed by atoms with Crippen LogP contribution in [0, 0.1) is 0 Å². The van der Waals surface area contributed by atoms with Crippen molar-refractivity contribution in [2.45, 2.75) is 6.54 Å². The lowest BCUT2D eigenvalue weighted by molar-refractivity contribution is 0.102. The van der Waals surface area contributed by atoms with Gasteiger partial charge in [-0.3, -0.25) is 4.79 Å². The number of aromatic nitrogens is 8. The summed E-state index contributed by atoms with van der Waals surface area (Å²) >= 11 is 0. The summed E-state index contributed by atoms with van der Waals surface area (Å²) in [6, 6.07) is 19.1. The first-order valence-corrected chi connectivity index (χ1v) is 10.7. The highest BCUT2D eigenvalue weighted by Crippen LogP contribution is 2.16. The lowest BCUT2D eigenvalue weighted by Gasteiger charge is -2.05. The smallest absolute Gasteiger partial charge is 0.256 e. The maximum Gasteiger partial charge on any atom is 0.256 e. The Bertz CT molecular complexity index is 1550. The third kappa shape index (κ3) is 5.09. The van der Waals surface area contributed by atoms with Crippen LogP contribution in [0.4, 0.5) is 11.6 Å². The Kier molecular flexibility index (Phi) is 6.29. The Morgan fingerprint density at radius 2 is 1.26 bits per heavy atom. The van der Waals surface area contributed by atoms with Crippen LogP contribution in [0.15, 0.2) is 86.0 Å². The summed E-state index contributed by atoms with van der Waals surface area (Å²) in [4.78, 5) is 42.3. The highest BCUT2D eigenvalue weighted by molar-refractivity contribution is 6.06. The molecule has 0 spiro atoms. The molecule has 2 aromatic carbocycles. The van der Waals surface area contributed by atoms with Crippen molar-refractivity contribution in [2.24, 2.45) is 0 Å². The average Bonchev–Trinajstić information content (AvgIpc) is 3.59. The average molecular weight is 464 g/mol. The molecule has 0 radical (unpaired) electrons. The number of hydrogen-bond donors (Lipinski definition) is 4. The third-order valence-electron chi connectivity index (χ3n) is 5.02. The molecule has 11 heteroatoms. The fraction of sp³-hybridized carbons (Fsp3) is 0.0417. The number of aromatic amines is 2. The molecular weight excluding hydrogens is 444 g/mol. The molecule has 0 fully saturated rings. The number of hydrogen-bond acceptors (Lipinski definition) is 8. The SMILES string of the molecule is O=C(Nc1ncnc2nc[nH]c12)c1ccccc1.c1ccc(CNc2ncnc3nc[nH]c23)cc1. The van der Waals surface area contributed by atoms with Gasteiger partial charge in [0.2, 0.25) is 0 Å². The standard InChI is InChI=1S/C12H9N5O.C12H11N5/c18-12(8-4-2-1-3-5-8)17-11-9-10(14-6-13-9)15-7-16-11;1-2-4-9(5-3-1)6-13-11-10-12(15-7-14-10)17-8-16-11/h1-7H,(H2,13,14,15,16,17,18);1-5,7-8H,6H2,(H2,13,14,15,16,17). The van der Waals surface area contributed by atoms with Crippen LogP contribution in [0.25, 0.3) is 22.3 Å². The predicted octanol–water partition coefficient (Wildman–Crippen LogP) is 3.57. The molecule has 6 aromatic rings. The van der Waals surface area contributed by atoms with E-state index in [1.54, 1.807) is 30.6 Å². The molecule has 35 heavy (non-hydrogen) atoms. The van der Waals surface area contributed by atoms with Crippen molar-refractivity contribution in [3.05, 3.63) is 97.1 Å². The fourth-order valence-corrected chi connectivity index (χ4v) is 3.31. The van der Waals surface area contributed by atoms with Gasteiger partial charge in [-0.15, -0.1) is 0 Å². The fourth-order valence-electron chi connectivity index (χ4n) is 3.31. The van der Waals surface area contributed by atoms with Gasteiger partial charge in [0, 0.05) is 12.1 Å². The van der Waals surface area contributed by atoms with E-state index in [0.29, 0.717) is 28.2 Å². The van der Waals surface area contributed by atoms with Gasteiger partial charge in [0.25, 0.3) is 5.91 Å². The second-order valence-corrected chi connectivity index (χ2v) is 7.31. The molecule has 0 bridgehead atoms. The molecule has 11 nitrogen and oxygen atoms in total. The van der Waals surface area contributed by atoms with E-state index in [1.165, 1.54) is 24.5 Å². The van der Waals surface area contributed by atoms with Crippen LogP contribution in [0.5, 0.6) is 0 Å². The number of H-pyrrole nitrogens is 2. The Labute approximate surface area is 199 Å². The van der Waals surface area contributed by atoms with E-state index < -0.39 is 0 Å². The van der Waals surface area contributed by atoms with E-state index >= 15 is 0 Å². The number of anilines is 2. The first-order valence-electron chi connectivity index (χ1n) is 10.7. The second kappa shape index (κ2) is 10.2. The van der Waals surface area contributed by atoms with Gasteiger partial charge in [-0.1, -0.05) is 48.5 Å². The van der Waals surface area contributed by atoms with Crippen molar-refractivity contribution in [3.63, 3.8) is 0 Å². The Hall–Kier alpha value is -5.19. The minimum atomic E-state index is -0.217. The molecular formula is C24H20N10O. The quantitative estimate of drug-likeness (QED) is 0.302. The summed E-state index contributed by atoms with van der Waals surface area (Å²) in [6.07, 6.45) is 6.00. The molecule has 0 unspecified atom stereocenters. The zero-order valence-electron chi connectivity index (χ0n) is 18.4.